The fourth-order valence-corrected chi connectivity index (χ4v) is 14.0. The molecular formula is C55H37N3. The molecule has 0 N–H and O–H groups in total. The van der Waals surface area contributed by atoms with Gasteiger partial charge in [-0.25, -0.2) is 0 Å². The van der Waals surface area contributed by atoms with Crippen molar-refractivity contribution in [2.45, 2.75) is 55.3 Å². The summed E-state index contributed by atoms with van der Waals surface area (Å²) in [5.41, 5.74) is 24.1. The number of hydrogen-bond donors (Lipinski definition) is 0. The first-order valence-electron chi connectivity index (χ1n) is 20.9. The molecule has 0 saturated carbocycles. The van der Waals surface area contributed by atoms with Gasteiger partial charge in [0.2, 0.25) is 0 Å². The molecule has 0 aliphatic heterocycles. The van der Waals surface area contributed by atoms with Crippen LogP contribution in [-0.4, -0.2) is 14.4 Å². The Bertz CT molecular complexity index is 3480. The molecule has 3 heteroatoms. The largest absolute Gasteiger partial charge is 0.305 e. The first-order chi connectivity index (χ1) is 28.3. The second-order valence-electron chi connectivity index (χ2n) is 18.5. The van der Waals surface area contributed by atoms with Crippen LogP contribution in [0.15, 0.2) is 146 Å². The van der Waals surface area contributed by atoms with E-state index in [2.05, 4.69) is 178 Å². The van der Waals surface area contributed by atoms with Crippen LogP contribution in [0.25, 0.3) is 38.5 Å². The van der Waals surface area contributed by atoms with Crippen molar-refractivity contribution in [2.75, 3.05) is 0 Å². The maximum atomic E-state index is 5.64. The van der Waals surface area contributed by atoms with E-state index in [0.29, 0.717) is 0 Å². The maximum Gasteiger partial charge on any atom is 0.0729 e. The Morgan fingerprint density at radius 2 is 0.862 bits per heavy atom. The van der Waals surface area contributed by atoms with Crippen molar-refractivity contribution in [3.05, 3.63) is 229 Å². The zero-order chi connectivity index (χ0) is 38.2. The van der Waals surface area contributed by atoms with Gasteiger partial charge in [0.1, 0.15) is 0 Å². The number of allylic oxidation sites excluding steroid dienone is 2. The van der Waals surface area contributed by atoms with Gasteiger partial charge in [-0.15, -0.1) is 0 Å². The molecule has 5 aromatic carbocycles. The number of hydrogen-bond acceptors (Lipinski definition) is 2. The highest BCUT2D eigenvalue weighted by Gasteiger charge is 2.59. The lowest BCUT2D eigenvalue weighted by molar-refractivity contribution is 0.501. The molecule has 0 saturated heterocycles. The van der Waals surface area contributed by atoms with Crippen molar-refractivity contribution in [1.29, 1.82) is 0 Å². The van der Waals surface area contributed by atoms with E-state index in [1.165, 1.54) is 122 Å². The maximum absolute atomic E-state index is 5.64. The highest BCUT2D eigenvalue weighted by Crippen LogP contribution is 2.66. The van der Waals surface area contributed by atoms with Crippen LogP contribution in [0.2, 0.25) is 0 Å². The molecule has 58 heavy (non-hydrogen) atoms. The zero-order valence-corrected chi connectivity index (χ0v) is 32.8. The predicted octanol–water partition coefficient (Wildman–Crippen LogP) is 10.8. The van der Waals surface area contributed by atoms with E-state index in [1.54, 1.807) is 0 Å². The highest BCUT2D eigenvalue weighted by molar-refractivity contribution is 6.20. The second-order valence-corrected chi connectivity index (χ2v) is 18.5. The molecule has 0 amide bonds. The Balaban J connectivity index is 1.16. The Hall–Kier alpha value is -6.58. The van der Waals surface area contributed by atoms with Crippen molar-refractivity contribution in [3.63, 3.8) is 0 Å². The minimum absolute atomic E-state index is 0.189. The molecule has 3 nitrogen and oxygen atoms in total. The molecule has 272 valence electrons. The third kappa shape index (κ3) is 2.80. The lowest BCUT2D eigenvalue weighted by Gasteiger charge is -2.54. The van der Waals surface area contributed by atoms with Crippen molar-refractivity contribution in [2.24, 2.45) is 0 Å². The van der Waals surface area contributed by atoms with E-state index in [0.717, 1.165) is 0 Å². The lowest BCUT2D eigenvalue weighted by Crippen LogP contribution is -2.49. The monoisotopic (exact) mass is 739 g/mol. The molecule has 17 rings (SSSR count). The van der Waals surface area contributed by atoms with Crippen LogP contribution in [0, 0.1) is 0 Å². The summed E-state index contributed by atoms with van der Waals surface area (Å²) in [6.07, 6.45) is 6.99. The standard InChI is InChI=1S/C55H37N3/c1-52-32-18-8-12-22-36(32)54(3,37-23-13-9-19-33(37)52)50-47(52)45-40(27-56-50)58-41-28-57-51-48(46(41)44-31-26-30(43(45)49(44)58)42(31)29-16-6-5-7-17-29)53(2)34-20-10-14-24-38(34)55(51,4)39-25-15-11-21-35(39)53/h5-28,42H,1-4H3. The Morgan fingerprint density at radius 1 is 0.466 bits per heavy atom. The fourth-order valence-electron chi connectivity index (χ4n) is 14.0. The molecule has 6 bridgehead atoms. The third-order valence-corrected chi connectivity index (χ3v) is 16.4. The van der Waals surface area contributed by atoms with E-state index >= 15 is 0 Å². The zero-order valence-electron chi connectivity index (χ0n) is 32.8. The summed E-state index contributed by atoms with van der Waals surface area (Å²) in [6.45, 7) is 9.80. The first kappa shape index (κ1) is 30.5. The molecule has 9 aromatic rings. The average molecular weight is 740 g/mol. The predicted molar refractivity (Wildman–Crippen MR) is 232 cm³/mol. The Kier molecular flexibility index (Phi) is 4.87. The van der Waals surface area contributed by atoms with Gasteiger partial charge in [0.15, 0.2) is 0 Å². The molecule has 8 aliphatic carbocycles. The van der Waals surface area contributed by atoms with Crippen molar-refractivity contribution >= 4 is 38.5 Å². The molecule has 8 aliphatic rings. The molecule has 1 unspecified atom stereocenters. The molecule has 0 spiro atoms. The van der Waals surface area contributed by atoms with Crippen LogP contribution in [0.4, 0.5) is 0 Å². The number of aromatic nitrogens is 3. The quantitative estimate of drug-likeness (QED) is 0.168. The normalized spacial score (nSPS) is 26.8. The fraction of sp³-hybridized carbons (Fsp3) is 0.164. The van der Waals surface area contributed by atoms with Gasteiger partial charge >= 0.3 is 0 Å². The lowest BCUT2D eigenvalue weighted by atomic mass is 9.48. The van der Waals surface area contributed by atoms with Crippen molar-refractivity contribution in [1.82, 2.24) is 14.4 Å². The average Bonchev–Trinajstić information content (AvgIpc) is 3.80. The Morgan fingerprint density at radius 3 is 1.33 bits per heavy atom. The van der Waals surface area contributed by atoms with E-state index < -0.39 is 0 Å². The molecule has 1 atom stereocenters. The van der Waals surface area contributed by atoms with Crippen LogP contribution in [0.5, 0.6) is 0 Å². The van der Waals surface area contributed by atoms with E-state index in [4.69, 9.17) is 9.97 Å². The van der Waals surface area contributed by atoms with E-state index in [1.807, 2.05) is 0 Å². The molecule has 4 heterocycles. The van der Waals surface area contributed by atoms with Crippen LogP contribution < -0.4 is 5.22 Å². The van der Waals surface area contributed by atoms with Gasteiger partial charge in [0.25, 0.3) is 0 Å². The first-order valence-corrected chi connectivity index (χ1v) is 20.9. The minimum Gasteiger partial charge on any atom is -0.305 e. The number of nitrogens with zero attached hydrogens (tertiary/aromatic N) is 3. The summed E-state index contributed by atoms with van der Waals surface area (Å²) in [7, 11) is 0. The summed E-state index contributed by atoms with van der Waals surface area (Å²) in [4.78, 5) is 11.3. The van der Waals surface area contributed by atoms with Crippen LogP contribution >= 0.6 is 0 Å². The summed E-state index contributed by atoms with van der Waals surface area (Å²) in [6, 6.07) is 48.0. The van der Waals surface area contributed by atoms with Gasteiger partial charge in [-0.05, 0) is 100 Å². The van der Waals surface area contributed by atoms with Gasteiger partial charge in [-0.1, -0.05) is 133 Å². The van der Waals surface area contributed by atoms with Crippen molar-refractivity contribution < 1.29 is 0 Å². The van der Waals surface area contributed by atoms with E-state index in [9.17, 15) is 0 Å². The number of pyridine rings is 2. The molecule has 0 fully saturated rings. The topological polar surface area (TPSA) is 30.2 Å². The smallest absolute Gasteiger partial charge is 0.0729 e. The van der Waals surface area contributed by atoms with Gasteiger partial charge in [0.05, 0.1) is 51.2 Å². The van der Waals surface area contributed by atoms with Crippen LogP contribution in [0.3, 0.4) is 0 Å². The number of rotatable bonds is 1. The van der Waals surface area contributed by atoms with Crippen LogP contribution in [-0.2, 0) is 21.7 Å². The third-order valence-electron chi connectivity index (χ3n) is 16.4. The second kappa shape index (κ2) is 9.24. The van der Waals surface area contributed by atoms with Gasteiger partial charge in [-0.3, -0.25) is 9.97 Å². The summed E-state index contributed by atoms with van der Waals surface area (Å²) >= 11 is 0. The number of fused-ring (bicyclic) bond motifs is 9. The minimum atomic E-state index is -0.381. The summed E-state index contributed by atoms with van der Waals surface area (Å²) in [5.74, 6) is 0.189. The Labute approximate surface area is 336 Å². The SMILES string of the molecule is CC12c3ccccc3C(C)(c3ccccc31)c1c2ncc2c1c1c3c(c4c5c(ncc4n32)C2(C)c3ccccc3C5(C)c3ccccc32)=C2C=C1C2c1ccccc1. The molecule has 0 radical (unpaired) electrons. The summed E-state index contributed by atoms with van der Waals surface area (Å²) < 4.78 is 2.58. The van der Waals surface area contributed by atoms with Gasteiger partial charge in [0, 0.05) is 38.3 Å². The molecular weight excluding hydrogens is 703 g/mol. The van der Waals surface area contributed by atoms with Crippen molar-refractivity contribution in [3.8, 4) is 0 Å². The van der Waals surface area contributed by atoms with Crippen LogP contribution in [0.1, 0.15) is 112 Å². The van der Waals surface area contributed by atoms with E-state index in [-0.39, 0.29) is 27.6 Å². The van der Waals surface area contributed by atoms with Gasteiger partial charge in [-0.2, -0.15) is 0 Å². The summed E-state index contributed by atoms with van der Waals surface area (Å²) in [5, 5.41) is 4.11. The molecule has 4 aromatic heterocycles. The van der Waals surface area contributed by atoms with Gasteiger partial charge < -0.3 is 4.40 Å². The number of benzene rings is 5. The highest BCUT2D eigenvalue weighted by atomic mass is 15.0.